The Morgan fingerprint density at radius 1 is 1.41 bits per heavy atom. The van der Waals surface area contributed by atoms with Crippen LogP contribution in [-0.2, 0) is 13.6 Å². The fourth-order valence-electron chi connectivity index (χ4n) is 3.24. The number of para-hydroxylation sites is 1. The molecule has 1 unspecified atom stereocenters. The third-order valence-electron chi connectivity index (χ3n) is 4.52. The zero-order chi connectivity index (χ0) is 18.5. The number of rotatable bonds is 5. The van der Waals surface area contributed by atoms with Crippen molar-refractivity contribution in [3.8, 4) is 5.75 Å². The van der Waals surface area contributed by atoms with Crippen LogP contribution in [0.4, 0.5) is 8.78 Å². The smallest absolute Gasteiger partial charge is 0.387 e. The maximum atomic E-state index is 12.5. The Morgan fingerprint density at radius 2 is 2.19 bits per heavy atom. The summed E-state index contributed by atoms with van der Waals surface area (Å²) in [5, 5.41) is 7.49. The fourth-order valence-corrected chi connectivity index (χ4v) is 3.24. The van der Waals surface area contributed by atoms with Crippen LogP contribution in [0.5, 0.6) is 5.75 Å². The lowest BCUT2D eigenvalue weighted by Gasteiger charge is -2.22. The third-order valence-corrected chi connectivity index (χ3v) is 4.52. The van der Waals surface area contributed by atoms with Crippen LogP contribution in [-0.4, -0.2) is 47.4 Å². The van der Waals surface area contributed by atoms with Gasteiger partial charge in [-0.3, -0.25) is 9.67 Å². The summed E-state index contributed by atoms with van der Waals surface area (Å²) in [6, 6.07) is 6.78. The molecule has 0 amide bonds. The number of aliphatic imine (C=N–C) groups is 1. The van der Waals surface area contributed by atoms with Gasteiger partial charge in [0.15, 0.2) is 5.96 Å². The number of nitrogens with one attached hydrogen (secondary N) is 1. The second-order valence-corrected chi connectivity index (χ2v) is 6.27. The topological polar surface area (TPSA) is 54.7 Å². The quantitative estimate of drug-likeness (QED) is 0.397. The van der Waals surface area contributed by atoms with Gasteiger partial charge in [-0.1, -0.05) is 18.2 Å². The Bertz CT molecular complexity index is 768. The van der Waals surface area contributed by atoms with Crippen LogP contribution in [0, 0.1) is 0 Å². The van der Waals surface area contributed by atoms with Gasteiger partial charge >= 0.3 is 6.61 Å². The summed E-state index contributed by atoms with van der Waals surface area (Å²) < 4.78 is 31.5. The number of nitrogens with zero attached hydrogens (tertiary/aromatic N) is 4. The second-order valence-electron chi connectivity index (χ2n) is 6.27. The standard InChI is InChI=1S/C18H23F2N5O.HI/c1-21-18(22-9-13-5-3-4-6-16(13)26-17(19)20)25-8-7-14(12-25)15-10-23-24(2)11-15;/h3-6,10-11,14,17H,7-9,12H2,1-2H3,(H,21,22);1H. The van der Waals surface area contributed by atoms with Gasteiger partial charge in [0.25, 0.3) is 0 Å². The van der Waals surface area contributed by atoms with E-state index < -0.39 is 6.61 Å². The van der Waals surface area contributed by atoms with Gasteiger partial charge in [0.2, 0.25) is 0 Å². The molecule has 0 spiro atoms. The maximum Gasteiger partial charge on any atom is 0.387 e. The number of hydrogen-bond acceptors (Lipinski definition) is 3. The van der Waals surface area contributed by atoms with E-state index in [4.69, 9.17) is 0 Å². The van der Waals surface area contributed by atoms with E-state index in [0.29, 0.717) is 18.0 Å². The molecule has 1 aromatic carbocycles. The number of aryl methyl sites for hydroxylation is 1. The Morgan fingerprint density at radius 3 is 2.85 bits per heavy atom. The maximum absolute atomic E-state index is 12.5. The molecule has 6 nitrogen and oxygen atoms in total. The van der Waals surface area contributed by atoms with Crippen molar-refractivity contribution in [2.45, 2.75) is 25.5 Å². The number of likely N-dealkylation sites (tertiary alicyclic amines) is 1. The average molecular weight is 491 g/mol. The molecule has 2 heterocycles. The van der Waals surface area contributed by atoms with Crippen molar-refractivity contribution < 1.29 is 13.5 Å². The highest BCUT2D eigenvalue weighted by Crippen LogP contribution is 2.27. The van der Waals surface area contributed by atoms with Crippen molar-refractivity contribution in [1.29, 1.82) is 0 Å². The lowest BCUT2D eigenvalue weighted by Crippen LogP contribution is -2.39. The minimum atomic E-state index is -2.84. The molecule has 27 heavy (non-hydrogen) atoms. The lowest BCUT2D eigenvalue weighted by atomic mass is 10.0. The molecule has 1 aromatic heterocycles. The molecule has 0 radical (unpaired) electrons. The fraction of sp³-hybridized carbons (Fsp3) is 0.444. The molecule has 3 rings (SSSR count). The molecule has 1 fully saturated rings. The van der Waals surface area contributed by atoms with Gasteiger partial charge in [-0.15, -0.1) is 24.0 Å². The first-order valence-electron chi connectivity index (χ1n) is 8.53. The van der Waals surface area contributed by atoms with Gasteiger partial charge in [0, 0.05) is 51.4 Å². The number of halogens is 3. The first-order valence-corrected chi connectivity index (χ1v) is 8.53. The second kappa shape index (κ2) is 9.86. The van der Waals surface area contributed by atoms with Gasteiger partial charge in [0.1, 0.15) is 5.75 Å². The monoisotopic (exact) mass is 491 g/mol. The molecule has 2 aromatic rings. The molecule has 148 valence electrons. The first-order chi connectivity index (χ1) is 12.6. The van der Waals surface area contributed by atoms with Crippen LogP contribution in [0.15, 0.2) is 41.7 Å². The summed E-state index contributed by atoms with van der Waals surface area (Å²) >= 11 is 0. The number of guanidine groups is 1. The number of hydrogen-bond donors (Lipinski definition) is 1. The summed E-state index contributed by atoms with van der Waals surface area (Å²) in [5.41, 5.74) is 1.89. The number of alkyl halides is 2. The number of ether oxygens (including phenoxy) is 1. The molecule has 0 saturated carbocycles. The Balaban J connectivity index is 0.00000261. The van der Waals surface area contributed by atoms with Crippen molar-refractivity contribution in [2.24, 2.45) is 12.0 Å². The van der Waals surface area contributed by atoms with E-state index in [0.717, 1.165) is 25.5 Å². The van der Waals surface area contributed by atoms with Crippen molar-refractivity contribution in [3.05, 3.63) is 47.8 Å². The highest BCUT2D eigenvalue weighted by Gasteiger charge is 2.27. The third kappa shape index (κ3) is 5.53. The van der Waals surface area contributed by atoms with E-state index in [2.05, 4.69) is 25.0 Å². The predicted molar refractivity (Wildman–Crippen MR) is 111 cm³/mol. The molecule has 1 N–H and O–H groups in total. The van der Waals surface area contributed by atoms with Crippen LogP contribution in [0.25, 0.3) is 0 Å². The van der Waals surface area contributed by atoms with Crippen molar-refractivity contribution in [2.75, 3.05) is 20.1 Å². The van der Waals surface area contributed by atoms with Crippen LogP contribution in [0.2, 0.25) is 0 Å². The van der Waals surface area contributed by atoms with E-state index >= 15 is 0 Å². The Hall–Kier alpha value is -1.91. The van der Waals surface area contributed by atoms with Gasteiger partial charge < -0.3 is 15.0 Å². The van der Waals surface area contributed by atoms with E-state index in [1.165, 1.54) is 5.56 Å². The summed E-state index contributed by atoms with van der Waals surface area (Å²) in [6.07, 6.45) is 4.97. The van der Waals surface area contributed by atoms with Gasteiger partial charge in [-0.2, -0.15) is 13.9 Å². The SMILES string of the molecule is CN=C(NCc1ccccc1OC(F)F)N1CCC(c2cnn(C)c2)C1.I. The van der Waals surface area contributed by atoms with Gasteiger partial charge in [0.05, 0.1) is 6.20 Å². The van der Waals surface area contributed by atoms with Gasteiger partial charge in [-0.05, 0) is 18.1 Å². The summed E-state index contributed by atoms with van der Waals surface area (Å²) in [6.45, 7) is -0.743. The average Bonchev–Trinajstić information content (AvgIpc) is 3.25. The van der Waals surface area contributed by atoms with E-state index in [1.54, 1.807) is 31.3 Å². The summed E-state index contributed by atoms with van der Waals surface area (Å²) in [4.78, 5) is 6.51. The van der Waals surface area contributed by atoms with Crippen molar-refractivity contribution in [1.82, 2.24) is 20.0 Å². The number of benzene rings is 1. The van der Waals surface area contributed by atoms with Crippen LogP contribution in [0.1, 0.15) is 23.5 Å². The molecule has 1 saturated heterocycles. The first kappa shape index (κ1) is 21.4. The normalized spacial score (nSPS) is 17.1. The van der Waals surface area contributed by atoms with Crippen molar-refractivity contribution in [3.63, 3.8) is 0 Å². The largest absolute Gasteiger partial charge is 0.434 e. The van der Waals surface area contributed by atoms with E-state index in [-0.39, 0.29) is 29.7 Å². The van der Waals surface area contributed by atoms with Crippen LogP contribution >= 0.6 is 24.0 Å². The zero-order valence-corrected chi connectivity index (χ0v) is 17.6. The molecule has 1 atom stereocenters. The molecular formula is C18H24F2IN5O. The van der Waals surface area contributed by atoms with Crippen LogP contribution in [0.3, 0.4) is 0 Å². The van der Waals surface area contributed by atoms with E-state index in [9.17, 15) is 8.78 Å². The summed E-state index contributed by atoms with van der Waals surface area (Å²) in [5.74, 6) is 1.35. The molecule has 0 aliphatic carbocycles. The molecule has 9 heteroatoms. The lowest BCUT2D eigenvalue weighted by molar-refractivity contribution is -0.0504. The molecule has 1 aliphatic rings. The highest BCUT2D eigenvalue weighted by molar-refractivity contribution is 14.0. The summed E-state index contributed by atoms with van der Waals surface area (Å²) in [7, 11) is 3.64. The van der Waals surface area contributed by atoms with Gasteiger partial charge in [-0.25, -0.2) is 0 Å². The minimum Gasteiger partial charge on any atom is -0.434 e. The predicted octanol–water partition coefficient (Wildman–Crippen LogP) is 3.20. The molecule has 0 bridgehead atoms. The van der Waals surface area contributed by atoms with Crippen molar-refractivity contribution >= 4 is 29.9 Å². The number of aromatic nitrogens is 2. The van der Waals surface area contributed by atoms with E-state index in [1.807, 2.05) is 24.1 Å². The minimum absolute atomic E-state index is 0. The molecular weight excluding hydrogens is 467 g/mol. The highest BCUT2D eigenvalue weighted by atomic mass is 127. The van der Waals surface area contributed by atoms with Crippen LogP contribution < -0.4 is 10.1 Å². The Kier molecular flexibility index (Phi) is 7.81. The molecule has 1 aliphatic heterocycles. The zero-order valence-electron chi connectivity index (χ0n) is 15.3. The Labute approximate surface area is 174 Å².